The molecule has 0 rings (SSSR count). The highest BCUT2D eigenvalue weighted by Crippen LogP contribution is 2.20. The van der Waals surface area contributed by atoms with Crippen LogP contribution in [-0.2, 0) is 38.2 Å². The number of rotatable bonds is 47. The van der Waals surface area contributed by atoms with Gasteiger partial charge in [-0.2, -0.15) is 0 Å². The van der Waals surface area contributed by atoms with Crippen molar-refractivity contribution in [3.8, 4) is 0 Å². The van der Waals surface area contributed by atoms with Crippen LogP contribution in [0.4, 0.5) is 0 Å². The van der Waals surface area contributed by atoms with Gasteiger partial charge in [0.05, 0.1) is 6.61 Å². The van der Waals surface area contributed by atoms with Crippen molar-refractivity contribution < 1.29 is 38.2 Å². The van der Waals surface area contributed by atoms with E-state index in [4.69, 9.17) is 14.2 Å². The number of hydrogen-bond donors (Lipinski definition) is 1. The Hall–Kier alpha value is -3.21. The molecule has 0 radical (unpaired) electrons. The molecule has 2 amide bonds. The first kappa shape index (κ1) is 65.8. The Morgan fingerprint density at radius 3 is 1.59 bits per heavy atom. The molecule has 0 aromatic rings. The molecule has 0 saturated carbocycles. The van der Waals surface area contributed by atoms with Crippen LogP contribution in [0.15, 0.2) is 24.3 Å². The zero-order valence-corrected chi connectivity index (χ0v) is 46.0. The lowest BCUT2D eigenvalue weighted by Gasteiger charge is -2.32. The molecule has 11 heteroatoms. The van der Waals surface area contributed by atoms with Crippen LogP contribution in [0, 0.1) is 0 Å². The van der Waals surface area contributed by atoms with E-state index in [2.05, 4.69) is 50.4 Å². The van der Waals surface area contributed by atoms with Gasteiger partial charge in [0.2, 0.25) is 11.8 Å². The molecule has 0 aromatic heterocycles. The van der Waals surface area contributed by atoms with E-state index in [0.29, 0.717) is 64.6 Å². The minimum Gasteiger partial charge on any atom is -0.466 e. The molecule has 0 spiro atoms. The van der Waals surface area contributed by atoms with Gasteiger partial charge in [-0.3, -0.25) is 24.0 Å². The molecule has 0 saturated heterocycles. The van der Waals surface area contributed by atoms with Crippen LogP contribution >= 0.6 is 0 Å². The highest BCUT2D eigenvalue weighted by Gasteiger charge is 2.30. The molecular formula is C58H107N3O8. The third kappa shape index (κ3) is 43.3. The topological polar surface area (TPSA) is 132 Å². The summed E-state index contributed by atoms with van der Waals surface area (Å²) in [5, 5.41) is 2.75. The molecule has 69 heavy (non-hydrogen) atoms. The minimum absolute atomic E-state index is 0.0503. The van der Waals surface area contributed by atoms with Gasteiger partial charge in [0.1, 0.15) is 24.3 Å². The Kier molecular flexibility index (Phi) is 43.8. The zero-order valence-electron chi connectivity index (χ0n) is 46.0. The van der Waals surface area contributed by atoms with E-state index in [1.54, 1.807) is 25.7 Å². The number of unbranched alkanes of at least 4 members (excludes halogenated alkanes) is 21. The molecule has 1 N–H and O–H groups in total. The molecule has 402 valence electrons. The number of nitrogens with zero attached hydrogens (tertiary/aromatic N) is 2. The predicted molar refractivity (Wildman–Crippen MR) is 286 cm³/mol. The fraction of sp³-hybridized carbons (Fsp3) is 0.845. The SMILES string of the molecule is CCCCC/C=C\C/C=C\CCCCCCCC(=O)OCCCCCC(C(=O)NCC(=O)OC(C)(C)C)N(CCN(C)C)C(=O)CCCCC(=O)OC(CCCCCCCC)CCCCCCCC. The smallest absolute Gasteiger partial charge is 0.325 e. The highest BCUT2D eigenvalue weighted by molar-refractivity contribution is 5.89. The largest absolute Gasteiger partial charge is 0.466 e. The van der Waals surface area contributed by atoms with Crippen molar-refractivity contribution in [2.24, 2.45) is 0 Å². The standard InChI is InChI=1S/C58H107N3O8/c1-9-12-15-18-21-22-23-24-25-26-27-28-29-32-37-45-54(63)67-49-40-33-36-43-52(57(66)59-50-56(65)69-58(4,5)6)61(48-47-60(7)8)53(62)44-38-39-46-55(64)68-51(41-34-30-19-16-13-10-2)42-35-31-20-17-14-11-3/h21-22,24-25,51-52H,9-20,23,26-50H2,1-8H3,(H,59,66)/b22-21-,25-24-. The number of carbonyl (C=O) groups is 5. The fourth-order valence-electron chi connectivity index (χ4n) is 8.30. The molecule has 0 aliphatic heterocycles. The van der Waals surface area contributed by atoms with Gasteiger partial charge in [0.15, 0.2) is 0 Å². The lowest BCUT2D eigenvalue weighted by atomic mass is 10.0. The highest BCUT2D eigenvalue weighted by atomic mass is 16.6. The lowest BCUT2D eigenvalue weighted by molar-refractivity contribution is -0.155. The number of ether oxygens (including phenoxy) is 3. The second-order valence-electron chi connectivity index (χ2n) is 20.7. The first-order valence-corrected chi connectivity index (χ1v) is 28.3. The number of likely N-dealkylation sites (N-methyl/N-ethyl adjacent to an activating group) is 1. The van der Waals surface area contributed by atoms with E-state index in [1.165, 1.54) is 103 Å². The van der Waals surface area contributed by atoms with Crippen LogP contribution in [-0.4, -0.2) is 97.6 Å². The van der Waals surface area contributed by atoms with Gasteiger partial charge >= 0.3 is 17.9 Å². The van der Waals surface area contributed by atoms with E-state index in [1.807, 2.05) is 19.0 Å². The van der Waals surface area contributed by atoms with Crippen LogP contribution < -0.4 is 5.32 Å². The summed E-state index contributed by atoms with van der Waals surface area (Å²) >= 11 is 0. The third-order valence-corrected chi connectivity index (χ3v) is 12.4. The molecule has 11 nitrogen and oxygen atoms in total. The Morgan fingerprint density at radius 1 is 0.522 bits per heavy atom. The number of allylic oxidation sites excluding steroid dienone is 4. The van der Waals surface area contributed by atoms with Gasteiger partial charge in [-0.25, -0.2) is 0 Å². The first-order valence-electron chi connectivity index (χ1n) is 28.3. The lowest BCUT2D eigenvalue weighted by Crippen LogP contribution is -2.52. The average molecular weight is 975 g/mol. The van der Waals surface area contributed by atoms with Crippen molar-refractivity contribution in [3.63, 3.8) is 0 Å². The number of esters is 3. The van der Waals surface area contributed by atoms with Crippen molar-refractivity contribution in [2.45, 2.75) is 278 Å². The minimum atomic E-state index is -0.796. The van der Waals surface area contributed by atoms with Crippen molar-refractivity contribution in [3.05, 3.63) is 24.3 Å². The van der Waals surface area contributed by atoms with E-state index in [9.17, 15) is 24.0 Å². The molecule has 0 bridgehead atoms. The summed E-state index contributed by atoms with van der Waals surface area (Å²) in [5.74, 6) is -1.47. The van der Waals surface area contributed by atoms with Gasteiger partial charge in [-0.05, 0) is 131 Å². The van der Waals surface area contributed by atoms with Crippen LogP contribution in [0.3, 0.4) is 0 Å². The van der Waals surface area contributed by atoms with E-state index in [0.717, 1.165) is 57.8 Å². The van der Waals surface area contributed by atoms with Crippen LogP contribution in [0.5, 0.6) is 0 Å². The molecular weight excluding hydrogens is 867 g/mol. The summed E-state index contributed by atoms with van der Waals surface area (Å²) in [6.45, 7) is 12.9. The van der Waals surface area contributed by atoms with Crippen molar-refractivity contribution in [2.75, 3.05) is 40.3 Å². The van der Waals surface area contributed by atoms with Gasteiger partial charge in [-0.15, -0.1) is 0 Å². The van der Waals surface area contributed by atoms with Crippen LogP contribution in [0.1, 0.15) is 260 Å². The summed E-state index contributed by atoms with van der Waals surface area (Å²) in [6, 6.07) is -0.796. The van der Waals surface area contributed by atoms with Gasteiger partial charge in [-0.1, -0.05) is 148 Å². The Bertz CT molecular complexity index is 1330. The average Bonchev–Trinajstić information content (AvgIpc) is 3.30. The second-order valence-corrected chi connectivity index (χ2v) is 20.7. The fourth-order valence-corrected chi connectivity index (χ4v) is 8.30. The van der Waals surface area contributed by atoms with Gasteiger partial charge < -0.3 is 29.3 Å². The summed E-state index contributed by atoms with van der Waals surface area (Å²) in [6.07, 6.45) is 42.1. The first-order chi connectivity index (χ1) is 33.2. The second kappa shape index (κ2) is 45.9. The molecule has 1 unspecified atom stereocenters. The molecule has 1 atom stereocenters. The summed E-state index contributed by atoms with van der Waals surface area (Å²) in [4.78, 5) is 69.6. The van der Waals surface area contributed by atoms with Gasteiger partial charge in [0, 0.05) is 32.4 Å². The molecule has 0 aromatic carbocycles. The summed E-state index contributed by atoms with van der Waals surface area (Å²) < 4.78 is 17.0. The summed E-state index contributed by atoms with van der Waals surface area (Å²) in [5.41, 5.74) is -0.699. The van der Waals surface area contributed by atoms with Crippen LogP contribution in [0.25, 0.3) is 0 Å². The van der Waals surface area contributed by atoms with Crippen molar-refractivity contribution in [1.29, 1.82) is 0 Å². The van der Waals surface area contributed by atoms with Crippen LogP contribution in [0.2, 0.25) is 0 Å². The number of amides is 2. The monoisotopic (exact) mass is 974 g/mol. The Balaban J connectivity index is 5.17. The third-order valence-electron chi connectivity index (χ3n) is 12.4. The molecule has 0 aliphatic carbocycles. The number of hydrogen-bond acceptors (Lipinski definition) is 9. The van der Waals surface area contributed by atoms with E-state index in [-0.39, 0.29) is 43.3 Å². The van der Waals surface area contributed by atoms with Crippen molar-refractivity contribution in [1.82, 2.24) is 15.1 Å². The maximum absolute atomic E-state index is 14.0. The summed E-state index contributed by atoms with van der Waals surface area (Å²) in [7, 11) is 3.85. The van der Waals surface area contributed by atoms with E-state index < -0.39 is 23.5 Å². The number of carbonyl (C=O) groups excluding carboxylic acids is 5. The molecule has 0 fully saturated rings. The molecule has 0 aliphatic rings. The van der Waals surface area contributed by atoms with E-state index >= 15 is 0 Å². The van der Waals surface area contributed by atoms with Gasteiger partial charge in [0.25, 0.3) is 0 Å². The normalized spacial score (nSPS) is 12.3. The van der Waals surface area contributed by atoms with Crippen molar-refractivity contribution >= 4 is 29.7 Å². The zero-order chi connectivity index (χ0) is 51.2. The number of nitrogens with one attached hydrogen (secondary N) is 1. The quantitative estimate of drug-likeness (QED) is 0.0274. The maximum atomic E-state index is 14.0. The molecule has 0 heterocycles. The maximum Gasteiger partial charge on any atom is 0.325 e. The predicted octanol–water partition coefficient (Wildman–Crippen LogP) is 14.1. The Labute approximate surface area is 423 Å². The Morgan fingerprint density at radius 2 is 1.00 bits per heavy atom.